The zero-order valence-corrected chi connectivity index (χ0v) is 13.5. The molecule has 24 heavy (non-hydrogen) atoms. The number of halogens is 3. The van der Waals surface area contributed by atoms with E-state index in [0.717, 1.165) is 25.7 Å². The minimum Gasteiger partial charge on any atom is -0.383 e. The van der Waals surface area contributed by atoms with Gasteiger partial charge in [0.15, 0.2) is 6.10 Å². The number of carbonyl (C=O) groups excluding carboxylic acids is 1. The number of likely N-dealkylation sites (tertiary alicyclic amines) is 1. The first-order valence-corrected chi connectivity index (χ1v) is 8.59. The van der Waals surface area contributed by atoms with Crippen LogP contribution in [0.1, 0.15) is 55.1 Å². The van der Waals surface area contributed by atoms with Gasteiger partial charge in [-0.2, -0.15) is 13.2 Å². The van der Waals surface area contributed by atoms with E-state index in [1.165, 1.54) is 0 Å². The lowest BCUT2D eigenvalue weighted by Gasteiger charge is -2.35. The van der Waals surface area contributed by atoms with Crippen LogP contribution in [0, 0.1) is 5.92 Å². The number of amides is 1. The first-order chi connectivity index (χ1) is 11.4. The lowest BCUT2D eigenvalue weighted by molar-refractivity contribution is -0.222. The fourth-order valence-corrected chi connectivity index (χ4v) is 3.92. The number of nitrogens with zero attached hydrogens (tertiary/aromatic N) is 2. The first kappa shape index (κ1) is 17.3. The van der Waals surface area contributed by atoms with E-state index in [9.17, 15) is 23.1 Å². The van der Waals surface area contributed by atoms with Crippen molar-refractivity contribution in [3.8, 4) is 0 Å². The van der Waals surface area contributed by atoms with Gasteiger partial charge < -0.3 is 14.6 Å². The van der Waals surface area contributed by atoms with E-state index in [2.05, 4.69) is 0 Å². The van der Waals surface area contributed by atoms with Gasteiger partial charge in [-0.05, 0) is 43.7 Å². The summed E-state index contributed by atoms with van der Waals surface area (Å²) in [4.78, 5) is 14.3. The summed E-state index contributed by atoms with van der Waals surface area (Å²) in [6, 6.07) is 3.99. The second-order valence-electron chi connectivity index (χ2n) is 6.86. The van der Waals surface area contributed by atoms with Crippen LogP contribution in [0.25, 0.3) is 0 Å². The van der Waals surface area contributed by atoms with E-state index in [-0.39, 0.29) is 31.8 Å². The van der Waals surface area contributed by atoms with Crippen LogP contribution in [0.3, 0.4) is 0 Å². The highest BCUT2D eigenvalue weighted by Crippen LogP contribution is 2.33. The molecule has 2 heterocycles. The number of aliphatic hydroxyl groups excluding tert-OH is 1. The Kier molecular flexibility index (Phi) is 4.90. The third kappa shape index (κ3) is 3.45. The molecule has 0 radical (unpaired) electrons. The summed E-state index contributed by atoms with van der Waals surface area (Å²) in [7, 11) is 0. The number of aliphatic hydroxyl groups is 1. The average Bonchev–Trinajstić information content (AvgIpc) is 3.23. The molecule has 1 aliphatic heterocycles. The Hall–Kier alpha value is -1.50. The van der Waals surface area contributed by atoms with Gasteiger partial charge in [-0.1, -0.05) is 12.8 Å². The van der Waals surface area contributed by atoms with E-state index in [0.29, 0.717) is 11.7 Å². The van der Waals surface area contributed by atoms with Gasteiger partial charge in [-0.15, -0.1) is 0 Å². The van der Waals surface area contributed by atoms with Crippen molar-refractivity contribution in [2.75, 3.05) is 13.1 Å². The van der Waals surface area contributed by atoms with Crippen LogP contribution in [0.5, 0.6) is 0 Å². The molecule has 7 heteroatoms. The van der Waals surface area contributed by atoms with Crippen molar-refractivity contribution in [1.29, 1.82) is 0 Å². The molecule has 2 fully saturated rings. The van der Waals surface area contributed by atoms with Gasteiger partial charge in [0.05, 0.1) is 0 Å². The molecule has 0 aromatic carbocycles. The molecule has 1 saturated heterocycles. The second-order valence-corrected chi connectivity index (χ2v) is 6.86. The zero-order chi connectivity index (χ0) is 17.3. The Bertz CT molecular complexity index is 571. The number of piperidine rings is 1. The molecule has 3 rings (SSSR count). The molecule has 1 amide bonds. The molecule has 1 unspecified atom stereocenters. The van der Waals surface area contributed by atoms with Crippen molar-refractivity contribution >= 4 is 5.91 Å². The molecule has 1 saturated carbocycles. The minimum absolute atomic E-state index is 0.119. The normalized spacial score (nSPS) is 22.1. The summed E-state index contributed by atoms with van der Waals surface area (Å²) >= 11 is 0. The van der Waals surface area contributed by atoms with E-state index in [4.69, 9.17) is 0 Å². The van der Waals surface area contributed by atoms with Crippen molar-refractivity contribution in [2.24, 2.45) is 5.92 Å². The molecule has 4 nitrogen and oxygen atoms in total. The van der Waals surface area contributed by atoms with Gasteiger partial charge in [0, 0.05) is 25.3 Å². The summed E-state index contributed by atoms with van der Waals surface area (Å²) in [5.74, 6) is -0.942. The number of hydrogen-bond donors (Lipinski definition) is 1. The molecule has 2 aliphatic rings. The Morgan fingerprint density at radius 3 is 2.38 bits per heavy atom. The molecule has 0 spiro atoms. The Morgan fingerprint density at radius 2 is 1.79 bits per heavy atom. The van der Waals surface area contributed by atoms with Crippen LogP contribution in [0.4, 0.5) is 13.2 Å². The van der Waals surface area contributed by atoms with Crippen molar-refractivity contribution in [3.05, 3.63) is 24.0 Å². The van der Waals surface area contributed by atoms with Crippen molar-refractivity contribution in [1.82, 2.24) is 9.47 Å². The molecule has 1 aromatic rings. The summed E-state index contributed by atoms with van der Waals surface area (Å²) in [5.41, 5.74) is 0.622. The van der Waals surface area contributed by atoms with Crippen LogP contribution in [0.2, 0.25) is 0 Å². The van der Waals surface area contributed by atoms with E-state index < -0.39 is 18.2 Å². The fraction of sp³-hybridized carbons (Fsp3) is 0.706. The van der Waals surface area contributed by atoms with E-state index in [1.54, 1.807) is 11.0 Å². The van der Waals surface area contributed by atoms with Crippen LogP contribution in [-0.2, 0) is 0 Å². The maximum atomic E-state index is 12.7. The van der Waals surface area contributed by atoms with Gasteiger partial charge >= 0.3 is 6.18 Å². The van der Waals surface area contributed by atoms with Gasteiger partial charge in [-0.3, -0.25) is 4.79 Å². The maximum Gasteiger partial charge on any atom is 0.414 e. The van der Waals surface area contributed by atoms with Gasteiger partial charge in [-0.25, -0.2) is 0 Å². The van der Waals surface area contributed by atoms with Crippen LogP contribution >= 0.6 is 0 Å². The number of aromatic nitrogens is 1. The average molecular weight is 344 g/mol. The highest BCUT2D eigenvalue weighted by Gasteiger charge is 2.44. The molecule has 1 N–H and O–H groups in total. The standard InChI is InChI=1S/C17H23F3N2O2/c18-17(19,20)15(23)12-7-10-21(11-8-12)16(24)14-6-3-9-22(14)13-4-1-2-5-13/h3,6,9,12-13,15,23H,1-2,4-5,7-8,10-11H2. The van der Waals surface area contributed by atoms with Crippen molar-refractivity contribution in [3.63, 3.8) is 0 Å². The molecule has 1 atom stereocenters. The number of alkyl halides is 3. The fourth-order valence-electron chi connectivity index (χ4n) is 3.92. The molecule has 0 bridgehead atoms. The lowest BCUT2D eigenvalue weighted by Crippen LogP contribution is -2.45. The van der Waals surface area contributed by atoms with Crippen molar-refractivity contribution in [2.45, 2.75) is 56.8 Å². The summed E-state index contributed by atoms with van der Waals surface area (Å²) < 4.78 is 39.8. The smallest absolute Gasteiger partial charge is 0.383 e. The SMILES string of the molecule is O=C(c1cccn1C1CCCC1)N1CCC(C(O)C(F)(F)F)CC1. The summed E-state index contributed by atoms with van der Waals surface area (Å²) in [6.45, 7) is 0.513. The van der Waals surface area contributed by atoms with Crippen LogP contribution < -0.4 is 0 Å². The molecule has 1 aromatic heterocycles. The highest BCUT2D eigenvalue weighted by molar-refractivity contribution is 5.92. The van der Waals surface area contributed by atoms with Crippen LogP contribution in [-0.4, -0.2) is 45.9 Å². The molecular weight excluding hydrogens is 321 g/mol. The third-order valence-electron chi connectivity index (χ3n) is 5.32. The van der Waals surface area contributed by atoms with Gasteiger partial charge in [0.2, 0.25) is 0 Å². The molecule has 134 valence electrons. The third-order valence-corrected chi connectivity index (χ3v) is 5.32. The number of rotatable bonds is 3. The lowest BCUT2D eigenvalue weighted by atomic mass is 9.91. The number of carbonyl (C=O) groups is 1. The van der Waals surface area contributed by atoms with E-state index >= 15 is 0 Å². The molecular formula is C17H23F3N2O2. The van der Waals surface area contributed by atoms with Gasteiger partial charge in [0.1, 0.15) is 5.69 Å². The first-order valence-electron chi connectivity index (χ1n) is 8.59. The molecule has 1 aliphatic carbocycles. The van der Waals surface area contributed by atoms with Crippen LogP contribution in [0.15, 0.2) is 18.3 Å². The maximum absolute atomic E-state index is 12.7. The predicted octanol–water partition coefficient (Wildman–Crippen LogP) is 3.38. The Balaban J connectivity index is 1.63. The number of hydrogen-bond acceptors (Lipinski definition) is 2. The predicted molar refractivity (Wildman–Crippen MR) is 82.6 cm³/mol. The highest BCUT2D eigenvalue weighted by atomic mass is 19.4. The Labute approximate surface area is 139 Å². The van der Waals surface area contributed by atoms with Gasteiger partial charge in [0.25, 0.3) is 5.91 Å². The summed E-state index contributed by atoms with van der Waals surface area (Å²) in [6.07, 6.45) is -0.153. The monoisotopic (exact) mass is 344 g/mol. The Morgan fingerprint density at radius 1 is 1.17 bits per heavy atom. The minimum atomic E-state index is -4.59. The largest absolute Gasteiger partial charge is 0.414 e. The van der Waals surface area contributed by atoms with Crippen molar-refractivity contribution < 1.29 is 23.1 Å². The quantitative estimate of drug-likeness (QED) is 0.914. The van der Waals surface area contributed by atoms with E-state index in [1.807, 2.05) is 16.8 Å². The second kappa shape index (κ2) is 6.78. The topological polar surface area (TPSA) is 45.5 Å². The summed E-state index contributed by atoms with van der Waals surface area (Å²) in [5, 5.41) is 9.37. The zero-order valence-electron chi connectivity index (χ0n) is 13.5.